The first-order chi connectivity index (χ1) is 5.37. The average molecular weight is 165 g/mol. The van der Waals surface area contributed by atoms with Crippen molar-refractivity contribution in [3.05, 3.63) is 0 Å². The molecule has 0 bridgehead atoms. The molecule has 4 radical (unpaired) electrons. The minimum Gasteiger partial charge on any atom is -0.381 e. The molecule has 12 heavy (non-hydrogen) atoms. The Balaban J connectivity index is 4.30. The molecule has 62 valence electrons. The largest absolute Gasteiger partial charge is 0.381 e. The smallest absolute Gasteiger partial charge is 0.314 e. The first-order valence-electron chi connectivity index (χ1n) is 3.16. The van der Waals surface area contributed by atoms with Gasteiger partial charge in [-0.25, -0.2) is 9.59 Å². The van der Waals surface area contributed by atoms with Crippen LogP contribution in [-0.2, 0) is 0 Å². The Morgan fingerprint density at radius 1 is 0.917 bits per heavy atom. The lowest BCUT2D eigenvalue weighted by Gasteiger charge is -2.23. The molecule has 0 aliphatic heterocycles. The lowest BCUT2D eigenvalue weighted by molar-refractivity contribution is 0.178. The van der Waals surface area contributed by atoms with Crippen LogP contribution in [0.2, 0.25) is 0 Å². The van der Waals surface area contributed by atoms with Crippen LogP contribution >= 0.6 is 0 Å². The van der Waals surface area contributed by atoms with Gasteiger partial charge in [-0.05, 0) is 14.1 Å². The topological polar surface area (TPSA) is 43.9 Å². The summed E-state index contributed by atoms with van der Waals surface area (Å²) in [4.78, 5) is 24.4. The monoisotopic (exact) mass is 165 g/mol. The van der Waals surface area contributed by atoms with Crippen LogP contribution in [0.5, 0.6) is 0 Å². The lowest BCUT2D eigenvalue weighted by Crippen LogP contribution is -2.45. The number of imide groups is 1. The third-order valence-corrected chi connectivity index (χ3v) is 1.18. The van der Waals surface area contributed by atoms with Crippen molar-refractivity contribution >= 4 is 28.0 Å². The molecule has 0 saturated carbocycles. The highest BCUT2D eigenvalue weighted by Crippen LogP contribution is 1.94. The third kappa shape index (κ3) is 2.48. The van der Waals surface area contributed by atoms with E-state index in [1.807, 2.05) is 0 Å². The molecule has 0 aromatic heterocycles. The van der Waals surface area contributed by atoms with Crippen molar-refractivity contribution in [3.63, 3.8) is 0 Å². The zero-order chi connectivity index (χ0) is 9.89. The summed E-state index contributed by atoms with van der Waals surface area (Å²) < 4.78 is 0. The molecule has 4 amide bonds. The third-order valence-electron chi connectivity index (χ3n) is 1.18. The number of hydrogen-bond acceptors (Lipinski definition) is 2. The molecule has 0 aromatic carbocycles. The Morgan fingerprint density at radius 3 is 1.33 bits per heavy atom. The highest BCUT2D eigenvalue weighted by molar-refractivity contribution is 6.18. The SMILES string of the molecule is [B]N(C)C(=O)N(C)C(=O)N([B])C. The number of hydrogen-bond donors (Lipinski definition) is 0. The van der Waals surface area contributed by atoms with Crippen LogP contribution in [0.1, 0.15) is 0 Å². The van der Waals surface area contributed by atoms with Crippen molar-refractivity contribution in [2.24, 2.45) is 0 Å². The van der Waals surface area contributed by atoms with E-state index in [1.54, 1.807) is 0 Å². The van der Waals surface area contributed by atoms with Gasteiger partial charge in [-0.2, -0.15) is 0 Å². The fourth-order valence-electron chi connectivity index (χ4n) is 0.555. The normalized spacial score (nSPS) is 8.92. The molecular weight excluding hydrogens is 156 g/mol. The maximum absolute atomic E-state index is 11.0. The van der Waals surface area contributed by atoms with Crippen LogP contribution in [-0.4, -0.2) is 63.7 Å². The first kappa shape index (κ1) is 10.9. The van der Waals surface area contributed by atoms with E-state index in [0.717, 1.165) is 14.5 Å². The molecule has 0 fully saturated rings. The van der Waals surface area contributed by atoms with Gasteiger partial charge < -0.3 is 9.62 Å². The predicted molar refractivity (Wildman–Crippen MR) is 45.6 cm³/mol. The van der Waals surface area contributed by atoms with Crippen LogP contribution in [0.15, 0.2) is 0 Å². The Morgan fingerprint density at radius 2 is 1.17 bits per heavy atom. The molecule has 0 heterocycles. The van der Waals surface area contributed by atoms with Crippen LogP contribution < -0.4 is 0 Å². The summed E-state index contributed by atoms with van der Waals surface area (Å²) in [5, 5.41) is 0. The molecule has 0 aromatic rings. The Bertz CT molecular complexity index is 175. The van der Waals surface area contributed by atoms with E-state index in [-0.39, 0.29) is 0 Å². The summed E-state index contributed by atoms with van der Waals surface area (Å²) in [5.74, 6) is 0. The fraction of sp³-hybridized carbons (Fsp3) is 0.600. The van der Waals surface area contributed by atoms with Gasteiger partial charge in [-0.15, -0.1) is 0 Å². The molecule has 0 spiro atoms. The highest BCUT2D eigenvalue weighted by Gasteiger charge is 2.18. The second kappa shape index (κ2) is 4.04. The average Bonchev–Trinajstić information content (AvgIpc) is 2.00. The zero-order valence-electron chi connectivity index (χ0n) is 7.31. The molecule has 7 heteroatoms. The molecule has 0 atom stereocenters. The molecule has 0 saturated heterocycles. The van der Waals surface area contributed by atoms with E-state index < -0.39 is 12.1 Å². The highest BCUT2D eigenvalue weighted by atomic mass is 16.2. The number of carbonyl (C=O) groups is 2. The van der Waals surface area contributed by atoms with E-state index in [0.29, 0.717) is 0 Å². The summed E-state index contributed by atoms with van der Waals surface area (Å²) in [6.45, 7) is 0. The maximum Gasteiger partial charge on any atom is 0.314 e. The van der Waals surface area contributed by atoms with Crippen LogP contribution in [0.25, 0.3) is 0 Å². The minimum atomic E-state index is -0.627. The van der Waals surface area contributed by atoms with Crippen molar-refractivity contribution in [2.75, 3.05) is 21.1 Å². The molecule has 0 rings (SSSR count). The summed E-state index contributed by atoms with van der Waals surface area (Å²) in [6, 6.07) is -1.25. The number of nitrogens with zero attached hydrogens (tertiary/aromatic N) is 3. The predicted octanol–water partition coefficient (Wildman–Crippen LogP) is -0.811. The van der Waals surface area contributed by atoms with Crippen molar-refractivity contribution < 1.29 is 9.59 Å². The van der Waals surface area contributed by atoms with E-state index in [9.17, 15) is 9.59 Å². The summed E-state index contributed by atoms with van der Waals surface area (Å²) in [5.41, 5.74) is 0. The van der Waals surface area contributed by atoms with Crippen molar-refractivity contribution in [2.45, 2.75) is 0 Å². The van der Waals surface area contributed by atoms with Crippen LogP contribution in [0, 0.1) is 0 Å². The standard InChI is InChI=1S/C5H9B2N3O2/c1-8(4(11)9(2)6)5(12)10(3)7/h1-3H3. The lowest BCUT2D eigenvalue weighted by atomic mass is 10.3. The number of urea groups is 2. The summed E-state index contributed by atoms with van der Waals surface area (Å²) in [7, 11) is 14.2. The molecule has 5 nitrogen and oxygen atoms in total. The summed E-state index contributed by atoms with van der Waals surface area (Å²) in [6.07, 6.45) is 0. The number of rotatable bonds is 0. The van der Waals surface area contributed by atoms with Gasteiger partial charge in [0.15, 0.2) is 0 Å². The van der Waals surface area contributed by atoms with Crippen LogP contribution in [0.3, 0.4) is 0 Å². The maximum atomic E-state index is 11.0. The minimum absolute atomic E-state index is 0.627. The second-order valence-electron chi connectivity index (χ2n) is 2.35. The van der Waals surface area contributed by atoms with Crippen molar-refractivity contribution in [1.29, 1.82) is 0 Å². The van der Waals surface area contributed by atoms with Gasteiger partial charge >= 0.3 is 12.1 Å². The van der Waals surface area contributed by atoms with E-state index in [4.69, 9.17) is 16.0 Å². The fourth-order valence-corrected chi connectivity index (χ4v) is 0.555. The van der Waals surface area contributed by atoms with Crippen molar-refractivity contribution in [3.8, 4) is 0 Å². The number of amides is 4. The zero-order valence-corrected chi connectivity index (χ0v) is 7.31. The first-order valence-corrected chi connectivity index (χ1v) is 3.16. The van der Waals surface area contributed by atoms with E-state index >= 15 is 0 Å². The Kier molecular flexibility index (Phi) is 3.66. The van der Waals surface area contributed by atoms with E-state index in [1.165, 1.54) is 21.1 Å². The second-order valence-corrected chi connectivity index (χ2v) is 2.35. The molecule has 0 aliphatic rings. The molecule has 0 unspecified atom stereocenters. The Hall–Kier alpha value is -1.13. The van der Waals surface area contributed by atoms with Crippen molar-refractivity contribution in [1.82, 2.24) is 14.5 Å². The van der Waals surface area contributed by atoms with Crippen LogP contribution in [0.4, 0.5) is 9.59 Å². The van der Waals surface area contributed by atoms with Gasteiger partial charge in [-0.1, -0.05) is 0 Å². The Labute approximate surface area is 74.2 Å². The van der Waals surface area contributed by atoms with Gasteiger partial charge in [0, 0.05) is 7.05 Å². The molecular formula is C5H9B2N3O2. The van der Waals surface area contributed by atoms with Gasteiger partial charge in [0.25, 0.3) is 0 Å². The van der Waals surface area contributed by atoms with Gasteiger partial charge in [0.05, 0.1) is 0 Å². The quantitative estimate of drug-likeness (QED) is 0.440. The van der Waals surface area contributed by atoms with Gasteiger partial charge in [0.1, 0.15) is 0 Å². The van der Waals surface area contributed by atoms with Gasteiger partial charge in [0.2, 0.25) is 16.0 Å². The summed E-state index contributed by atoms with van der Waals surface area (Å²) >= 11 is 0. The van der Waals surface area contributed by atoms with Gasteiger partial charge in [-0.3, -0.25) is 4.90 Å². The number of carbonyl (C=O) groups excluding carboxylic acids is 2. The van der Waals surface area contributed by atoms with E-state index in [2.05, 4.69) is 0 Å². The molecule has 0 aliphatic carbocycles. The molecule has 0 N–H and O–H groups in total.